The van der Waals surface area contributed by atoms with Crippen molar-refractivity contribution in [3.63, 3.8) is 0 Å². The minimum Gasteiger partial charge on any atom is -0.384 e. The number of nitro groups is 1. The van der Waals surface area contributed by atoms with Crippen molar-refractivity contribution in [1.82, 2.24) is 4.98 Å². The SMILES string of the molecule is Nc1cc(C(F)F)c([N+](=O)[O-])c(C(F)(F)F)n1. The number of pyridine rings is 1. The van der Waals surface area contributed by atoms with Gasteiger partial charge < -0.3 is 5.73 Å². The standard InChI is InChI=1S/C7H4F5N3O2/c8-6(9)2-1-3(13)14-5(7(10,11)12)4(2)15(16)17/h1,6H,(H2,13,14). The van der Waals surface area contributed by atoms with Crippen LogP contribution in [0.1, 0.15) is 17.7 Å². The molecule has 0 unspecified atom stereocenters. The summed E-state index contributed by atoms with van der Waals surface area (Å²) in [5.41, 5.74) is -0.318. The summed E-state index contributed by atoms with van der Waals surface area (Å²) in [5.74, 6) is -0.863. The van der Waals surface area contributed by atoms with Crippen LogP contribution in [0.15, 0.2) is 6.07 Å². The summed E-state index contributed by atoms with van der Waals surface area (Å²) in [7, 11) is 0. The molecule has 0 amide bonds. The van der Waals surface area contributed by atoms with Crippen LogP contribution in [-0.2, 0) is 6.18 Å². The Kier molecular flexibility index (Phi) is 3.16. The summed E-state index contributed by atoms with van der Waals surface area (Å²) in [6, 6.07) is 0.345. The Morgan fingerprint density at radius 1 is 1.41 bits per heavy atom. The van der Waals surface area contributed by atoms with E-state index in [4.69, 9.17) is 5.73 Å². The molecule has 94 valence electrons. The maximum atomic E-state index is 12.4. The molecule has 1 aromatic rings. The first-order valence-electron chi connectivity index (χ1n) is 3.94. The fraction of sp³-hybridized carbons (Fsp3) is 0.286. The zero-order chi connectivity index (χ0) is 13.4. The molecule has 0 atom stereocenters. The third-order valence-corrected chi connectivity index (χ3v) is 1.73. The third-order valence-electron chi connectivity index (χ3n) is 1.73. The van der Waals surface area contributed by atoms with Crippen LogP contribution < -0.4 is 5.73 Å². The minimum absolute atomic E-state index is 0.345. The molecule has 0 radical (unpaired) electrons. The van der Waals surface area contributed by atoms with E-state index in [0.29, 0.717) is 6.07 Å². The number of halogens is 5. The van der Waals surface area contributed by atoms with Gasteiger partial charge in [0.25, 0.3) is 6.43 Å². The Morgan fingerprint density at radius 3 is 2.29 bits per heavy atom. The van der Waals surface area contributed by atoms with Crippen LogP contribution in [0, 0.1) is 10.1 Å². The monoisotopic (exact) mass is 257 g/mol. The van der Waals surface area contributed by atoms with E-state index in [-0.39, 0.29) is 0 Å². The van der Waals surface area contributed by atoms with Gasteiger partial charge in [0.05, 0.1) is 4.92 Å². The molecule has 5 nitrogen and oxygen atoms in total. The van der Waals surface area contributed by atoms with Crippen molar-refractivity contribution in [3.8, 4) is 0 Å². The van der Waals surface area contributed by atoms with Crippen molar-refractivity contribution < 1.29 is 26.9 Å². The van der Waals surface area contributed by atoms with Gasteiger partial charge in [0, 0.05) is 0 Å². The largest absolute Gasteiger partial charge is 0.440 e. The number of alkyl halides is 5. The number of nitrogen functional groups attached to an aromatic ring is 1. The quantitative estimate of drug-likeness (QED) is 0.501. The molecule has 10 heteroatoms. The molecule has 0 aliphatic rings. The van der Waals surface area contributed by atoms with Gasteiger partial charge in [0.1, 0.15) is 11.4 Å². The molecule has 0 bridgehead atoms. The summed E-state index contributed by atoms with van der Waals surface area (Å²) in [4.78, 5) is 11.5. The average Bonchev–Trinajstić information content (AvgIpc) is 2.14. The maximum Gasteiger partial charge on any atom is 0.440 e. The summed E-state index contributed by atoms with van der Waals surface area (Å²) in [6.07, 6.45) is -8.69. The van der Waals surface area contributed by atoms with E-state index >= 15 is 0 Å². The predicted octanol–water partition coefficient (Wildman–Crippen LogP) is 2.53. The molecule has 0 aromatic carbocycles. The lowest BCUT2D eigenvalue weighted by atomic mass is 10.1. The highest BCUT2D eigenvalue weighted by atomic mass is 19.4. The second-order valence-electron chi connectivity index (χ2n) is 2.89. The number of nitrogens with two attached hydrogens (primary N) is 1. The molecule has 1 heterocycles. The Bertz CT molecular complexity index is 460. The number of hydrogen-bond acceptors (Lipinski definition) is 4. The highest BCUT2D eigenvalue weighted by molar-refractivity contribution is 5.52. The van der Waals surface area contributed by atoms with Crippen molar-refractivity contribution in [2.45, 2.75) is 12.6 Å². The van der Waals surface area contributed by atoms with Crippen LogP contribution in [0.5, 0.6) is 0 Å². The molecule has 17 heavy (non-hydrogen) atoms. The second kappa shape index (κ2) is 4.11. The summed E-state index contributed by atoms with van der Waals surface area (Å²) in [6.45, 7) is 0. The minimum atomic E-state index is -5.23. The Morgan fingerprint density at radius 2 is 1.94 bits per heavy atom. The Balaban J connectivity index is 3.64. The molecule has 0 aliphatic carbocycles. The first-order chi connectivity index (χ1) is 7.64. The van der Waals surface area contributed by atoms with Crippen molar-refractivity contribution in [3.05, 3.63) is 27.4 Å². The van der Waals surface area contributed by atoms with Crippen LogP contribution >= 0.6 is 0 Å². The van der Waals surface area contributed by atoms with Crippen molar-refractivity contribution in [2.75, 3.05) is 5.73 Å². The molecular formula is C7H4F5N3O2. The molecular weight excluding hydrogens is 253 g/mol. The van der Waals surface area contributed by atoms with Gasteiger partial charge in [0.2, 0.25) is 5.69 Å². The number of nitrogens with zero attached hydrogens (tertiary/aromatic N) is 2. The first kappa shape index (κ1) is 13.1. The molecule has 0 aliphatic heterocycles. The summed E-state index contributed by atoms with van der Waals surface area (Å²) < 4.78 is 61.9. The smallest absolute Gasteiger partial charge is 0.384 e. The highest BCUT2D eigenvalue weighted by Gasteiger charge is 2.43. The van der Waals surface area contributed by atoms with E-state index in [2.05, 4.69) is 4.98 Å². The summed E-state index contributed by atoms with van der Waals surface area (Å²) >= 11 is 0. The van der Waals surface area contributed by atoms with Crippen molar-refractivity contribution >= 4 is 11.5 Å². The zero-order valence-corrected chi connectivity index (χ0v) is 7.83. The fourth-order valence-corrected chi connectivity index (χ4v) is 1.13. The molecule has 0 spiro atoms. The molecule has 1 rings (SSSR count). The van der Waals surface area contributed by atoms with E-state index in [1.807, 2.05) is 0 Å². The molecule has 0 saturated heterocycles. The van der Waals surface area contributed by atoms with Crippen LogP contribution in [0.4, 0.5) is 33.5 Å². The lowest BCUT2D eigenvalue weighted by Gasteiger charge is -2.10. The van der Waals surface area contributed by atoms with Gasteiger partial charge in [-0.25, -0.2) is 13.8 Å². The summed E-state index contributed by atoms with van der Waals surface area (Å²) in [5, 5.41) is 10.4. The van der Waals surface area contributed by atoms with Crippen LogP contribution in [0.2, 0.25) is 0 Å². The normalized spacial score (nSPS) is 11.9. The van der Waals surface area contributed by atoms with E-state index in [0.717, 1.165) is 0 Å². The van der Waals surface area contributed by atoms with E-state index in [1.165, 1.54) is 0 Å². The second-order valence-corrected chi connectivity index (χ2v) is 2.89. The Labute approximate surface area is 90.2 Å². The lowest BCUT2D eigenvalue weighted by molar-refractivity contribution is -0.389. The first-order valence-corrected chi connectivity index (χ1v) is 3.94. The zero-order valence-electron chi connectivity index (χ0n) is 7.83. The molecule has 2 N–H and O–H groups in total. The van der Waals surface area contributed by atoms with Gasteiger partial charge in [-0.1, -0.05) is 0 Å². The third kappa shape index (κ3) is 2.57. The van der Waals surface area contributed by atoms with Crippen molar-refractivity contribution in [1.29, 1.82) is 0 Å². The van der Waals surface area contributed by atoms with Gasteiger partial charge in [-0.05, 0) is 6.07 Å². The maximum absolute atomic E-state index is 12.4. The fourth-order valence-electron chi connectivity index (χ4n) is 1.13. The van der Waals surface area contributed by atoms with Gasteiger partial charge in [-0.15, -0.1) is 0 Å². The van der Waals surface area contributed by atoms with Gasteiger partial charge in [-0.2, -0.15) is 13.2 Å². The van der Waals surface area contributed by atoms with Crippen molar-refractivity contribution in [2.24, 2.45) is 0 Å². The lowest BCUT2D eigenvalue weighted by Crippen LogP contribution is -2.15. The topological polar surface area (TPSA) is 82.0 Å². The molecule has 0 saturated carbocycles. The average molecular weight is 257 g/mol. The molecule has 1 aromatic heterocycles. The van der Waals surface area contributed by atoms with E-state index < -0.39 is 40.3 Å². The Hall–Kier alpha value is -2.00. The van der Waals surface area contributed by atoms with E-state index in [1.54, 1.807) is 0 Å². The van der Waals surface area contributed by atoms with Crippen LogP contribution in [0.25, 0.3) is 0 Å². The van der Waals surface area contributed by atoms with Crippen LogP contribution in [0.3, 0.4) is 0 Å². The van der Waals surface area contributed by atoms with Gasteiger partial charge >= 0.3 is 11.9 Å². The number of anilines is 1. The highest BCUT2D eigenvalue weighted by Crippen LogP contribution is 2.40. The van der Waals surface area contributed by atoms with Crippen LogP contribution in [-0.4, -0.2) is 9.91 Å². The predicted molar refractivity (Wildman–Crippen MR) is 45.3 cm³/mol. The number of hydrogen-bond donors (Lipinski definition) is 1. The van der Waals surface area contributed by atoms with Gasteiger partial charge in [-0.3, -0.25) is 10.1 Å². The number of rotatable bonds is 2. The van der Waals surface area contributed by atoms with Gasteiger partial charge in [0.15, 0.2) is 0 Å². The number of aromatic nitrogens is 1. The molecule has 0 fully saturated rings. The van der Waals surface area contributed by atoms with E-state index in [9.17, 15) is 32.1 Å².